The minimum Gasteiger partial charge on any atom is -0.469 e. The number of hydrogen-bond acceptors (Lipinski definition) is 6. The van der Waals surface area contributed by atoms with Crippen LogP contribution in [0.2, 0.25) is 0 Å². The monoisotopic (exact) mass is 279 g/mol. The van der Waals surface area contributed by atoms with E-state index in [0.717, 1.165) is 13.2 Å². The molecule has 0 bridgehead atoms. The number of ether oxygens (including phenoxy) is 2. The Bertz CT molecular complexity index is 477. The van der Waals surface area contributed by atoms with E-state index in [1.54, 1.807) is 0 Å². The first-order valence-electron chi connectivity index (χ1n) is 5.07. The minimum absolute atomic E-state index is 0.00593. The molecule has 9 heteroatoms. The number of nitrogen functional groups attached to an aromatic ring is 1. The number of alkyl halides is 3. The smallest absolute Gasteiger partial charge is 0.469 e. The Kier molecular flexibility index (Phi) is 4.54. The van der Waals surface area contributed by atoms with E-state index < -0.39 is 18.1 Å². The molecule has 0 aliphatic rings. The summed E-state index contributed by atoms with van der Waals surface area (Å²) in [5.74, 6) is -1.46. The second-order valence-corrected chi connectivity index (χ2v) is 3.48. The largest absolute Gasteiger partial charge is 0.573 e. The van der Waals surface area contributed by atoms with Crippen molar-refractivity contribution < 1.29 is 27.4 Å². The Hall–Kier alpha value is -2.03. The van der Waals surface area contributed by atoms with Crippen molar-refractivity contribution in [3.63, 3.8) is 0 Å². The first-order valence-corrected chi connectivity index (χ1v) is 5.07. The number of nitrogens with two attached hydrogens (primary N) is 2. The molecule has 0 saturated heterocycles. The van der Waals surface area contributed by atoms with Crippen LogP contribution in [0, 0.1) is 0 Å². The van der Waals surface area contributed by atoms with Gasteiger partial charge in [-0.2, -0.15) is 0 Å². The Morgan fingerprint density at radius 3 is 2.58 bits per heavy atom. The highest BCUT2D eigenvalue weighted by molar-refractivity contribution is 5.73. The SMILES string of the molecule is COC(=O)Cc1nc(N)cc(OC(F)(F)F)c1CN. The normalized spacial score (nSPS) is 11.2. The molecule has 0 fully saturated rings. The third kappa shape index (κ3) is 4.28. The standard InChI is InChI=1S/C10H12F3N3O3/c1-18-9(17)2-6-5(4-14)7(3-8(15)16-6)19-10(11,12)13/h3H,2,4,14H2,1H3,(H2,15,16). The van der Waals surface area contributed by atoms with Crippen molar-refractivity contribution in [1.82, 2.24) is 4.98 Å². The van der Waals surface area contributed by atoms with Gasteiger partial charge in [0.25, 0.3) is 0 Å². The van der Waals surface area contributed by atoms with Crippen molar-refractivity contribution in [2.75, 3.05) is 12.8 Å². The average Bonchev–Trinajstić information content (AvgIpc) is 2.26. The van der Waals surface area contributed by atoms with Gasteiger partial charge in [0.1, 0.15) is 11.6 Å². The highest BCUT2D eigenvalue weighted by Crippen LogP contribution is 2.29. The Morgan fingerprint density at radius 2 is 2.11 bits per heavy atom. The van der Waals surface area contributed by atoms with Gasteiger partial charge in [-0.25, -0.2) is 4.98 Å². The van der Waals surface area contributed by atoms with Gasteiger partial charge in [0, 0.05) is 18.2 Å². The van der Waals surface area contributed by atoms with Crippen molar-refractivity contribution in [2.45, 2.75) is 19.3 Å². The van der Waals surface area contributed by atoms with Crippen LogP contribution in [0.3, 0.4) is 0 Å². The molecule has 4 N–H and O–H groups in total. The van der Waals surface area contributed by atoms with Gasteiger partial charge in [0.2, 0.25) is 0 Å². The predicted molar refractivity (Wildman–Crippen MR) is 58.9 cm³/mol. The van der Waals surface area contributed by atoms with Gasteiger partial charge < -0.3 is 20.9 Å². The lowest BCUT2D eigenvalue weighted by molar-refractivity contribution is -0.274. The summed E-state index contributed by atoms with van der Waals surface area (Å²) in [6.07, 6.45) is -5.23. The molecular weight excluding hydrogens is 267 g/mol. The summed E-state index contributed by atoms with van der Waals surface area (Å²) in [6, 6.07) is 0.899. The van der Waals surface area contributed by atoms with Crippen LogP contribution in [0.15, 0.2) is 6.07 Å². The number of nitrogens with zero attached hydrogens (tertiary/aromatic N) is 1. The summed E-state index contributed by atoms with van der Waals surface area (Å²) in [6.45, 7) is -0.287. The van der Waals surface area contributed by atoms with E-state index in [2.05, 4.69) is 14.5 Å². The van der Waals surface area contributed by atoms with Crippen LogP contribution < -0.4 is 16.2 Å². The number of rotatable bonds is 4. The molecule has 106 valence electrons. The number of carbonyl (C=O) groups is 1. The van der Waals surface area contributed by atoms with Crippen LogP contribution in [0.4, 0.5) is 19.0 Å². The summed E-state index contributed by atoms with van der Waals surface area (Å²) in [5, 5.41) is 0. The number of methoxy groups -OCH3 is 1. The van der Waals surface area contributed by atoms with Crippen molar-refractivity contribution >= 4 is 11.8 Å². The van der Waals surface area contributed by atoms with Crippen molar-refractivity contribution in [2.24, 2.45) is 5.73 Å². The summed E-state index contributed by atoms with van der Waals surface area (Å²) in [5.41, 5.74) is 10.7. The van der Waals surface area contributed by atoms with E-state index in [1.165, 1.54) is 0 Å². The fraction of sp³-hybridized carbons (Fsp3) is 0.400. The molecule has 19 heavy (non-hydrogen) atoms. The summed E-state index contributed by atoms with van der Waals surface area (Å²) >= 11 is 0. The molecule has 0 radical (unpaired) electrons. The zero-order chi connectivity index (χ0) is 14.6. The van der Waals surface area contributed by atoms with Crippen LogP contribution in [0.5, 0.6) is 5.75 Å². The third-order valence-electron chi connectivity index (χ3n) is 2.16. The van der Waals surface area contributed by atoms with E-state index in [-0.39, 0.29) is 30.0 Å². The molecule has 0 spiro atoms. The lowest BCUT2D eigenvalue weighted by atomic mass is 10.1. The molecule has 0 amide bonds. The summed E-state index contributed by atoms with van der Waals surface area (Å²) in [4.78, 5) is 14.9. The van der Waals surface area contributed by atoms with E-state index in [4.69, 9.17) is 11.5 Å². The van der Waals surface area contributed by atoms with Gasteiger partial charge in [0.05, 0.1) is 19.2 Å². The van der Waals surface area contributed by atoms with Crippen LogP contribution >= 0.6 is 0 Å². The molecule has 1 rings (SSSR count). The molecule has 0 aliphatic carbocycles. The fourth-order valence-electron chi connectivity index (χ4n) is 1.41. The second-order valence-electron chi connectivity index (χ2n) is 3.48. The van der Waals surface area contributed by atoms with Gasteiger partial charge in [-0.3, -0.25) is 4.79 Å². The molecule has 0 atom stereocenters. The van der Waals surface area contributed by atoms with Crippen molar-refractivity contribution in [3.8, 4) is 5.75 Å². The molecule has 1 aromatic heterocycles. The first-order chi connectivity index (χ1) is 8.76. The minimum atomic E-state index is -4.89. The van der Waals surface area contributed by atoms with Crippen LogP contribution in [-0.2, 0) is 22.5 Å². The van der Waals surface area contributed by atoms with Gasteiger partial charge in [0.15, 0.2) is 0 Å². The number of esters is 1. The number of anilines is 1. The van der Waals surface area contributed by atoms with E-state index >= 15 is 0 Å². The highest BCUT2D eigenvalue weighted by Gasteiger charge is 2.33. The van der Waals surface area contributed by atoms with Crippen LogP contribution in [-0.4, -0.2) is 24.4 Å². The summed E-state index contributed by atoms with van der Waals surface area (Å²) < 4.78 is 44.9. The zero-order valence-corrected chi connectivity index (χ0v) is 9.95. The summed E-state index contributed by atoms with van der Waals surface area (Å²) in [7, 11) is 1.14. The fourth-order valence-corrected chi connectivity index (χ4v) is 1.41. The van der Waals surface area contributed by atoms with Crippen LogP contribution in [0.25, 0.3) is 0 Å². The lowest BCUT2D eigenvalue weighted by Gasteiger charge is -2.15. The third-order valence-corrected chi connectivity index (χ3v) is 2.16. The van der Waals surface area contributed by atoms with Gasteiger partial charge in [-0.1, -0.05) is 0 Å². The van der Waals surface area contributed by atoms with E-state index in [0.29, 0.717) is 0 Å². The molecule has 0 aromatic carbocycles. The molecular formula is C10H12F3N3O3. The molecule has 1 heterocycles. The highest BCUT2D eigenvalue weighted by atomic mass is 19.4. The number of pyridine rings is 1. The van der Waals surface area contributed by atoms with Crippen molar-refractivity contribution in [1.29, 1.82) is 0 Å². The van der Waals surface area contributed by atoms with Gasteiger partial charge in [-0.15, -0.1) is 13.2 Å². The molecule has 0 aliphatic heterocycles. The molecule has 0 saturated carbocycles. The van der Waals surface area contributed by atoms with E-state index in [1.807, 2.05) is 0 Å². The zero-order valence-electron chi connectivity index (χ0n) is 9.95. The number of halogens is 3. The lowest BCUT2D eigenvalue weighted by Crippen LogP contribution is -2.21. The number of hydrogen-bond donors (Lipinski definition) is 2. The molecule has 6 nitrogen and oxygen atoms in total. The van der Waals surface area contributed by atoms with E-state index in [9.17, 15) is 18.0 Å². The molecule has 1 aromatic rings. The predicted octanol–water partition coefficient (Wildman–Crippen LogP) is 0.737. The van der Waals surface area contributed by atoms with Gasteiger partial charge >= 0.3 is 12.3 Å². The average molecular weight is 279 g/mol. The maximum Gasteiger partial charge on any atom is 0.573 e. The second kappa shape index (κ2) is 5.74. The first kappa shape index (κ1) is 15.0. The number of aromatic nitrogens is 1. The van der Waals surface area contributed by atoms with Gasteiger partial charge in [-0.05, 0) is 0 Å². The Morgan fingerprint density at radius 1 is 1.47 bits per heavy atom. The van der Waals surface area contributed by atoms with Crippen LogP contribution in [0.1, 0.15) is 11.3 Å². The Labute approximate surface area is 106 Å². The number of carbonyl (C=O) groups excluding carboxylic acids is 1. The Balaban J connectivity index is 3.20. The topological polar surface area (TPSA) is 100 Å². The quantitative estimate of drug-likeness (QED) is 0.788. The maximum absolute atomic E-state index is 12.2. The van der Waals surface area contributed by atoms with Crippen molar-refractivity contribution in [3.05, 3.63) is 17.3 Å². The maximum atomic E-state index is 12.2. The molecule has 0 unspecified atom stereocenters.